The van der Waals surface area contributed by atoms with Crippen molar-refractivity contribution in [3.8, 4) is 66.8 Å². The molecule has 536 valence electrons. The van der Waals surface area contributed by atoms with Crippen molar-refractivity contribution in [3.05, 3.63) is 493 Å². The zero-order valence-corrected chi connectivity index (χ0v) is 63.3. The number of hydrogen-bond donors (Lipinski definition) is 0. The molecule has 2 aliphatic carbocycles. The van der Waals surface area contributed by atoms with E-state index >= 15 is 0 Å². The van der Waals surface area contributed by atoms with Gasteiger partial charge in [0.15, 0.2) is 0 Å². The molecule has 18 aromatic carbocycles. The maximum atomic E-state index is 7.01. The molecule has 0 atom stereocenters. The lowest BCUT2D eigenvalue weighted by Crippen LogP contribution is -2.28. The van der Waals surface area contributed by atoms with Gasteiger partial charge >= 0.3 is 0 Å². The molecule has 114 heavy (non-hydrogen) atoms. The van der Waals surface area contributed by atoms with Crippen molar-refractivity contribution in [2.45, 2.75) is 10.8 Å². The zero-order valence-electron chi connectivity index (χ0n) is 62.4. The molecule has 20 aromatic rings. The lowest BCUT2D eigenvalue weighted by Gasteiger charge is -2.33. The molecule has 0 radical (unpaired) electrons. The fourth-order valence-corrected chi connectivity index (χ4v) is 19.6. The molecule has 0 spiro atoms. The molecule has 0 unspecified atom stereocenters. The fourth-order valence-electron chi connectivity index (χ4n) is 18.4. The number of thiophene rings is 1. The molecule has 2 heterocycles. The molecular formula is C110H74N2OS. The third-order valence-corrected chi connectivity index (χ3v) is 24.6. The Hall–Kier alpha value is -14.4. The first-order valence-electron chi connectivity index (χ1n) is 39.2. The summed E-state index contributed by atoms with van der Waals surface area (Å²) >= 11 is 1.90. The van der Waals surface area contributed by atoms with Crippen molar-refractivity contribution < 1.29 is 4.42 Å². The second-order valence-electron chi connectivity index (χ2n) is 29.7. The Morgan fingerprint density at radius 3 is 1.04 bits per heavy atom. The van der Waals surface area contributed by atoms with Gasteiger partial charge < -0.3 is 14.2 Å². The standard InChI is InChI=1S/C55H37NO.C55H37NS/c1-4-16-38(17-5-1)39-30-33-44(34-31-39)56(43-21-8-3-9-22-43)45-23-14-18-40(36-45)46-26-15-27-50-49-35-32-42(37-53(49)57-54(46)50)55(41-19-6-2-7-20-41)51-28-12-10-24-47(51)48-25-11-13-29-52(48)55;1-4-17-42(18-5-1)55(51-25-12-10-23-47(51)48-24-11-13-26-52(48)55)43-30-34-50-49-33-29-41(36-53(49)57-54(50)37-43)40-16-14-15-39(35-40)38-27-31-46(32-28-38)56(44-19-6-2-7-20-44)45-21-8-3-9-22-45/h2*1-37H. The number of para-hydroxylation sites is 4. The molecule has 0 saturated carbocycles. The van der Waals surface area contributed by atoms with Gasteiger partial charge in [0.25, 0.3) is 0 Å². The van der Waals surface area contributed by atoms with Crippen molar-refractivity contribution in [1.29, 1.82) is 0 Å². The van der Waals surface area contributed by atoms with Gasteiger partial charge in [0.1, 0.15) is 11.2 Å². The summed E-state index contributed by atoms with van der Waals surface area (Å²) in [4.78, 5) is 4.63. The summed E-state index contributed by atoms with van der Waals surface area (Å²) in [5, 5.41) is 4.83. The van der Waals surface area contributed by atoms with E-state index < -0.39 is 10.8 Å². The predicted octanol–water partition coefficient (Wildman–Crippen LogP) is 30.0. The van der Waals surface area contributed by atoms with E-state index in [2.05, 4.69) is 459 Å². The first-order valence-corrected chi connectivity index (χ1v) is 40.0. The van der Waals surface area contributed by atoms with E-state index in [9.17, 15) is 0 Å². The van der Waals surface area contributed by atoms with Crippen LogP contribution in [-0.4, -0.2) is 0 Å². The van der Waals surface area contributed by atoms with Gasteiger partial charge in [0, 0.05) is 70.6 Å². The first kappa shape index (κ1) is 67.7. The summed E-state index contributed by atoms with van der Waals surface area (Å²) in [6.07, 6.45) is 0. The van der Waals surface area contributed by atoms with E-state index in [0.29, 0.717) is 0 Å². The molecule has 4 heteroatoms. The Labute approximate surface area is 668 Å². The van der Waals surface area contributed by atoms with Crippen LogP contribution in [0, 0.1) is 0 Å². The first-order chi connectivity index (χ1) is 56.5. The van der Waals surface area contributed by atoms with Crippen LogP contribution in [0.25, 0.3) is 109 Å². The summed E-state index contributed by atoms with van der Waals surface area (Å²) in [6, 6.07) is 163. The molecular weight excluding hydrogens is 1400 g/mol. The van der Waals surface area contributed by atoms with E-state index in [1.165, 1.54) is 120 Å². The number of anilines is 6. The summed E-state index contributed by atoms with van der Waals surface area (Å²) in [5.41, 5.74) is 32.5. The van der Waals surface area contributed by atoms with Crippen LogP contribution in [0.5, 0.6) is 0 Å². The topological polar surface area (TPSA) is 19.6 Å². The normalized spacial score (nSPS) is 12.7. The van der Waals surface area contributed by atoms with Gasteiger partial charge in [0.05, 0.1) is 10.8 Å². The summed E-state index contributed by atoms with van der Waals surface area (Å²) in [7, 11) is 0. The van der Waals surface area contributed by atoms with Crippen LogP contribution in [0.15, 0.2) is 453 Å². The summed E-state index contributed by atoms with van der Waals surface area (Å²) in [6.45, 7) is 0. The van der Waals surface area contributed by atoms with Gasteiger partial charge in [-0.2, -0.15) is 0 Å². The number of benzene rings is 18. The van der Waals surface area contributed by atoms with Gasteiger partial charge in [-0.3, -0.25) is 0 Å². The van der Waals surface area contributed by atoms with Crippen LogP contribution in [0.3, 0.4) is 0 Å². The third-order valence-electron chi connectivity index (χ3n) is 23.5. The Morgan fingerprint density at radius 2 is 0.526 bits per heavy atom. The van der Waals surface area contributed by atoms with Crippen molar-refractivity contribution >= 4 is 87.6 Å². The lowest BCUT2D eigenvalue weighted by atomic mass is 9.67. The van der Waals surface area contributed by atoms with Crippen molar-refractivity contribution in [2.24, 2.45) is 0 Å². The maximum Gasteiger partial charge on any atom is 0.143 e. The van der Waals surface area contributed by atoms with Gasteiger partial charge in [-0.15, -0.1) is 11.3 Å². The predicted molar refractivity (Wildman–Crippen MR) is 479 cm³/mol. The molecule has 2 aliphatic rings. The van der Waals surface area contributed by atoms with E-state index in [0.717, 1.165) is 67.2 Å². The van der Waals surface area contributed by atoms with E-state index in [4.69, 9.17) is 4.42 Å². The van der Waals surface area contributed by atoms with Crippen molar-refractivity contribution in [1.82, 2.24) is 0 Å². The minimum Gasteiger partial charge on any atom is -0.455 e. The Kier molecular flexibility index (Phi) is 16.9. The largest absolute Gasteiger partial charge is 0.455 e. The minimum absolute atomic E-state index is 0.399. The van der Waals surface area contributed by atoms with Crippen LogP contribution < -0.4 is 9.80 Å². The lowest BCUT2D eigenvalue weighted by molar-refractivity contribution is 0.666. The summed E-state index contributed by atoms with van der Waals surface area (Å²) < 4.78 is 9.62. The van der Waals surface area contributed by atoms with Gasteiger partial charge in [-0.1, -0.05) is 352 Å². The molecule has 0 fully saturated rings. The second-order valence-corrected chi connectivity index (χ2v) is 30.8. The summed E-state index contributed by atoms with van der Waals surface area (Å²) in [5.74, 6) is 0. The highest BCUT2D eigenvalue weighted by atomic mass is 32.1. The van der Waals surface area contributed by atoms with Gasteiger partial charge in [-0.05, 0) is 203 Å². The van der Waals surface area contributed by atoms with Crippen LogP contribution in [0.2, 0.25) is 0 Å². The van der Waals surface area contributed by atoms with Crippen molar-refractivity contribution in [2.75, 3.05) is 9.80 Å². The van der Waals surface area contributed by atoms with Crippen LogP contribution in [0.4, 0.5) is 34.1 Å². The number of hydrogen-bond acceptors (Lipinski definition) is 4. The smallest absolute Gasteiger partial charge is 0.143 e. The number of nitrogens with zero attached hydrogens (tertiary/aromatic N) is 2. The van der Waals surface area contributed by atoms with Crippen LogP contribution in [-0.2, 0) is 10.8 Å². The maximum absolute atomic E-state index is 7.01. The quantitative estimate of drug-likeness (QED) is 0.108. The van der Waals surface area contributed by atoms with Gasteiger partial charge in [0.2, 0.25) is 0 Å². The zero-order chi connectivity index (χ0) is 75.5. The van der Waals surface area contributed by atoms with E-state index in [-0.39, 0.29) is 0 Å². The number of furan rings is 1. The molecule has 0 N–H and O–H groups in total. The monoisotopic (exact) mass is 1470 g/mol. The Bertz CT molecular complexity index is 6830. The fraction of sp³-hybridized carbons (Fsp3) is 0.0182. The molecule has 0 saturated heterocycles. The average molecular weight is 1470 g/mol. The Balaban J connectivity index is 0.000000143. The molecule has 0 amide bonds. The molecule has 3 nitrogen and oxygen atoms in total. The minimum atomic E-state index is -0.487. The van der Waals surface area contributed by atoms with Crippen LogP contribution in [0.1, 0.15) is 44.5 Å². The molecule has 0 aliphatic heterocycles. The van der Waals surface area contributed by atoms with Crippen LogP contribution >= 0.6 is 11.3 Å². The average Bonchev–Trinajstić information content (AvgIpc) is 1.54. The highest BCUT2D eigenvalue weighted by Gasteiger charge is 2.48. The number of rotatable bonds is 14. The van der Waals surface area contributed by atoms with E-state index in [1.54, 1.807) is 0 Å². The highest BCUT2D eigenvalue weighted by molar-refractivity contribution is 7.25. The number of fused-ring (bicyclic) bond motifs is 12. The van der Waals surface area contributed by atoms with Gasteiger partial charge in [-0.25, -0.2) is 0 Å². The second kappa shape index (κ2) is 28.5. The highest BCUT2D eigenvalue weighted by Crippen LogP contribution is 2.59. The molecule has 0 bridgehead atoms. The van der Waals surface area contributed by atoms with Crippen molar-refractivity contribution in [3.63, 3.8) is 0 Å². The molecule has 22 rings (SSSR count). The third kappa shape index (κ3) is 11.4. The van der Waals surface area contributed by atoms with E-state index in [1.807, 2.05) is 11.3 Å². The SMILES string of the molecule is c1ccc(-c2ccc(N(c3ccccc3)c3cccc(-c4cccc5c4oc4cc(C6(c7ccccc7)c7ccccc7-c7ccccc76)ccc45)c3)cc2)cc1.c1ccc(N(c2ccccc2)c2ccc(-c3cccc(-c4ccc5c(c4)sc4cc(C6(c7ccccc7)c7ccccc7-c7ccccc76)ccc45)c3)cc2)cc1. The molecule has 2 aromatic heterocycles. The Morgan fingerprint density at radius 1 is 0.193 bits per heavy atom.